The van der Waals surface area contributed by atoms with E-state index in [9.17, 15) is 4.79 Å². The minimum atomic E-state index is -0.292. The van der Waals surface area contributed by atoms with Gasteiger partial charge in [-0.3, -0.25) is 4.79 Å². The molecule has 7 nitrogen and oxygen atoms in total. The van der Waals surface area contributed by atoms with Gasteiger partial charge in [-0.1, -0.05) is 35.7 Å². The number of fused-ring (bicyclic) bond motifs is 1. The number of nitrogens with one attached hydrogen (secondary N) is 1. The molecule has 0 radical (unpaired) electrons. The lowest BCUT2D eigenvalue weighted by Gasteiger charge is -2.12. The third kappa shape index (κ3) is 4.88. The molecule has 1 N–H and O–H groups in total. The summed E-state index contributed by atoms with van der Waals surface area (Å²) in [6.07, 6.45) is 1.59. The number of nitrogens with zero attached hydrogens (tertiary/aromatic N) is 4. The zero-order valence-electron chi connectivity index (χ0n) is 16.6. The molecule has 1 amide bonds. The second kappa shape index (κ2) is 9.67. The number of amides is 1. The summed E-state index contributed by atoms with van der Waals surface area (Å²) in [5.41, 5.74) is 1.02. The standard InChI is InChI=1S/C20H21N5O2S3/c1-3-25-17(12-28-20-22-15-8-4-5-9-16(15)30-20)23-24-19(25)29-13(2)18(26)21-11-14-7-6-10-27-14/h4-10,13H,3,11-12H2,1-2H3,(H,21,26). The molecule has 156 valence electrons. The minimum Gasteiger partial charge on any atom is -0.467 e. The van der Waals surface area contributed by atoms with Crippen molar-refractivity contribution in [2.24, 2.45) is 0 Å². The third-order valence-electron chi connectivity index (χ3n) is 4.38. The number of aromatic nitrogens is 4. The fraction of sp³-hybridized carbons (Fsp3) is 0.300. The number of furan rings is 1. The summed E-state index contributed by atoms with van der Waals surface area (Å²) in [5, 5.41) is 12.0. The van der Waals surface area contributed by atoms with Crippen molar-refractivity contribution in [1.29, 1.82) is 0 Å². The van der Waals surface area contributed by atoms with Gasteiger partial charge in [0, 0.05) is 6.54 Å². The van der Waals surface area contributed by atoms with Crippen molar-refractivity contribution in [3.8, 4) is 0 Å². The molecular formula is C20H21N5O2S3. The van der Waals surface area contributed by atoms with Gasteiger partial charge in [-0.05, 0) is 38.1 Å². The Morgan fingerprint density at radius 2 is 2.13 bits per heavy atom. The van der Waals surface area contributed by atoms with Crippen LogP contribution in [0.4, 0.5) is 0 Å². The van der Waals surface area contributed by atoms with Gasteiger partial charge in [-0.15, -0.1) is 21.5 Å². The first kappa shape index (κ1) is 21.0. The van der Waals surface area contributed by atoms with Crippen LogP contribution in [0, 0.1) is 0 Å². The van der Waals surface area contributed by atoms with Gasteiger partial charge in [0.2, 0.25) is 5.91 Å². The van der Waals surface area contributed by atoms with Gasteiger partial charge in [0.15, 0.2) is 9.50 Å². The molecule has 0 fully saturated rings. The maximum atomic E-state index is 12.4. The minimum absolute atomic E-state index is 0.0625. The normalized spacial score (nSPS) is 12.3. The molecule has 10 heteroatoms. The summed E-state index contributed by atoms with van der Waals surface area (Å²) >= 11 is 4.75. The zero-order valence-corrected chi connectivity index (χ0v) is 19.0. The lowest BCUT2D eigenvalue weighted by atomic mass is 10.3. The Balaban J connectivity index is 1.36. The van der Waals surface area contributed by atoms with Crippen molar-refractivity contribution < 1.29 is 9.21 Å². The molecule has 30 heavy (non-hydrogen) atoms. The van der Waals surface area contributed by atoms with Gasteiger partial charge < -0.3 is 14.3 Å². The number of hydrogen-bond donors (Lipinski definition) is 1. The second-order valence-corrected chi connectivity index (χ2v) is 10.00. The molecule has 4 aromatic rings. The highest BCUT2D eigenvalue weighted by Gasteiger charge is 2.20. The molecule has 0 saturated heterocycles. The van der Waals surface area contributed by atoms with E-state index in [-0.39, 0.29) is 11.2 Å². The maximum absolute atomic E-state index is 12.4. The van der Waals surface area contributed by atoms with Crippen LogP contribution in [0.3, 0.4) is 0 Å². The van der Waals surface area contributed by atoms with Crippen LogP contribution in [-0.4, -0.2) is 30.9 Å². The molecule has 0 bridgehead atoms. The van der Waals surface area contributed by atoms with E-state index in [0.717, 1.165) is 33.1 Å². The Morgan fingerprint density at radius 3 is 2.90 bits per heavy atom. The maximum Gasteiger partial charge on any atom is 0.233 e. The van der Waals surface area contributed by atoms with Crippen molar-refractivity contribution >= 4 is 51.0 Å². The van der Waals surface area contributed by atoms with Gasteiger partial charge in [0.05, 0.1) is 34.0 Å². The second-order valence-electron chi connectivity index (χ2n) is 6.44. The van der Waals surface area contributed by atoms with Crippen LogP contribution < -0.4 is 5.32 Å². The number of hydrogen-bond acceptors (Lipinski definition) is 8. The molecule has 1 atom stereocenters. The third-order valence-corrected chi connectivity index (χ3v) is 7.63. The first-order chi connectivity index (χ1) is 14.6. The Labute approximate surface area is 186 Å². The average molecular weight is 460 g/mol. The summed E-state index contributed by atoms with van der Waals surface area (Å²) in [6.45, 7) is 5.04. The number of para-hydroxylation sites is 1. The van der Waals surface area contributed by atoms with Gasteiger partial charge in [0.1, 0.15) is 11.6 Å². The quantitative estimate of drug-likeness (QED) is 0.366. The van der Waals surface area contributed by atoms with Crippen LogP contribution in [0.1, 0.15) is 25.4 Å². The van der Waals surface area contributed by atoms with E-state index in [1.165, 1.54) is 16.5 Å². The molecule has 0 aliphatic heterocycles. The van der Waals surface area contributed by atoms with Crippen LogP contribution in [0.15, 0.2) is 56.6 Å². The summed E-state index contributed by atoms with van der Waals surface area (Å²) in [7, 11) is 0. The molecule has 3 heterocycles. The Kier molecular flexibility index (Phi) is 6.76. The molecule has 4 rings (SSSR count). The summed E-state index contributed by atoms with van der Waals surface area (Å²) < 4.78 is 9.51. The lowest BCUT2D eigenvalue weighted by molar-refractivity contribution is -0.120. The van der Waals surface area contributed by atoms with Crippen molar-refractivity contribution in [2.75, 3.05) is 0 Å². The van der Waals surface area contributed by atoms with Crippen molar-refractivity contribution in [3.63, 3.8) is 0 Å². The predicted octanol–water partition coefficient (Wildman–Crippen LogP) is 4.59. The van der Waals surface area contributed by atoms with Crippen LogP contribution in [0.2, 0.25) is 0 Å². The van der Waals surface area contributed by atoms with Crippen molar-refractivity contribution in [3.05, 3.63) is 54.2 Å². The molecular weight excluding hydrogens is 438 g/mol. The summed E-state index contributed by atoms with van der Waals surface area (Å²) in [6, 6.07) is 11.8. The van der Waals surface area contributed by atoms with E-state index in [2.05, 4.69) is 38.1 Å². The average Bonchev–Trinajstić information content (AvgIpc) is 3.49. The highest BCUT2D eigenvalue weighted by Crippen LogP contribution is 2.32. The van der Waals surface area contributed by atoms with Crippen molar-refractivity contribution in [1.82, 2.24) is 25.1 Å². The Morgan fingerprint density at radius 1 is 1.27 bits per heavy atom. The highest BCUT2D eigenvalue weighted by atomic mass is 32.2. The van der Waals surface area contributed by atoms with Crippen LogP contribution in [0.25, 0.3) is 10.2 Å². The largest absolute Gasteiger partial charge is 0.467 e. The number of carbonyl (C=O) groups is 1. The monoisotopic (exact) mass is 459 g/mol. The highest BCUT2D eigenvalue weighted by molar-refractivity contribution is 8.00. The Bertz CT molecular complexity index is 1090. The molecule has 0 aliphatic carbocycles. The fourth-order valence-corrected chi connectivity index (χ4v) is 5.78. The van der Waals surface area contributed by atoms with E-state index >= 15 is 0 Å². The van der Waals surface area contributed by atoms with Gasteiger partial charge in [0.25, 0.3) is 0 Å². The molecule has 3 aromatic heterocycles. The fourth-order valence-electron chi connectivity index (χ4n) is 2.81. The van der Waals surface area contributed by atoms with Crippen molar-refractivity contribution in [2.45, 2.75) is 47.4 Å². The van der Waals surface area contributed by atoms with E-state index in [0.29, 0.717) is 12.3 Å². The molecule has 0 saturated carbocycles. The van der Waals surface area contributed by atoms with Crippen LogP contribution >= 0.6 is 34.9 Å². The van der Waals surface area contributed by atoms with E-state index in [4.69, 9.17) is 4.42 Å². The van der Waals surface area contributed by atoms with Crippen LogP contribution in [-0.2, 0) is 23.6 Å². The SMILES string of the molecule is CCn1c(CSc2nc3ccccc3s2)nnc1SC(C)C(=O)NCc1ccco1. The van der Waals surface area contributed by atoms with Gasteiger partial charge in [-0.25, -0.2) is 4.98 Å². The van der Waals surface area contributed by atoms with Gasteiger partial charge in [-0.2, -0.15) is 0 Å². The topological polar surface area (TPSA) is 85.8 Å². The number of benzene rings is 1. The van der Waals surface area contributed by atoms with E-state index in [1.54, 1.807) is 35.4 Å². The van der Waals surface area contributed by atoms with E-state index in [1.807, 2.05) is 31.2 Å². The first-order valence-electron chi connectivity index (χ1n) is 9.51. The van der Waals surface area contributed by atoms with Crippen LogP contribution in [0.5, 0.6) is 0 Å². The number of thioether (sulfide) groups is 2. The summed E-state index contributed by atoms with van der Waals surface area (Å²) in [4.78, 5) is 17.1. The molecule has 1 unspecified atom stereocenters. The van der Waals surface area contributed by atoms with E-state index < -0.39 is 0 Å². The number of rotatable bonds is 9. The summed E-state index contributed by atoms with van der Waals surface area (Å²) in [5.74, 6) is 2.23. The first-order valence-corrected chi connectivity index (χ1v) is 12.2. The zero-order chi connectivity index (χ0) is 20.9. The number of carbonyl (C=O) groups excluding carboxylic acids is 1. The molecule has 0 spiro atoms. The Hall–Kier alpha value is -2.30. The number of thiazole rings is 1. The molecule has 1 aromatic carbocycles. The lowest BCUT2D eigenvalue weighted by Crippen LogP contribution is -2.30. The van der Waals surface area contributed by atoms with Gasteiger partial charge >= 0.3 is 0 Å². The smallest absolute Gasteiger partial charge is 0.233 e. The predicted molar refractivity (Wildman–Crippen MR) is 121 cm³/mol. The molecule has 0 aliphatic rings.